The smallest absolute Gasteiger partial charge is 0.0751 e. The van der Waals surface area contributed by atoms with Crippen LogP contribution in [0.5, 0.6) is 0 Å². The normalized spacial score (nSPS) is 54.7. The van der Waals surface area contributed by atoms with Gasteiger partial charge in [-0.25, -0.2) is 0 Å². The van der Waals surface area contributed by atoms with E-state index < -0.39 is 0 Å². The van der Waals surface area contributed by atoms with Gasteiger partial charge in [-0.1, -0.05) is 13.8 Å². The Kier molecular flexibility index (Phi) is 5.09. The first-order chi connectivity index (χ1) is 14.5. The van der Waals surface area contributed by atoms with Crippen molar-refractivity contribution in [3.63, 3.8) is 0 Å². The van der Waals surface area contributed by atoms with Crippen LogP contribution < -0.4 is 0 Å². The lowest BCUT2D eigenvalue weighted by molar-refractivity contribution is -0.131. The Morgan fingerprint density at radius 3 is 2.13 bits per heavy atom. The fourth-order valence-corrected chi connectivity index (χ4v) is 10.2. The first-order valence-electron chi connectivity index (χ1n) is 13.7. The first-order valence-corrected chi connectivity index (χ1v) is 13.7. The van der Waals surface area contributed by atoms with Crippen LogP contribution in [0.4, 0.5) is 0 Å². The molecule has 1 N–H and O–H groups in total. The van der Waals surface area contributed by atoms with Crippen LogP contribution in [-0.2, 0) is 0 Å². The molecule has 3 nitrogen and oxygen atoms in total. The van der Waals surface area contributed by atoms with Crippen LogP contribution in [-0.4, -0.2) is 59.3 Å². The highest BCUT2D eigenvalue weighted by molar-refractivity contribution is 5.13. The second-order valence-corrected chi connectivity index (χ2v) is 12.9. The summed E-state index contributed by atoms with van der Waals surface area (Å²) in [4.78, 5) is 5.53. The van der Waals surface area contributed by atoms with E-state index in [1.54, 1.807) is 0 Å². The van der Waals surface area contributed by atoms with Gasteiger partial charge < -0.3 is 10.0 Å². The van der Waals surface area contributed by atoms with Crippen molar-refractivity contribution in [1.29, 1.82) is 0 Å². The summed E-state index contributed by atoms with van der Waals surface area (Å²) in [6, 6.07) is 1.32. The van der Waals surface area contributed by atoms with Gasteiger partial charge in [0.25, 0.3) is 0 Å². The average Bonchev–Trinajstić information content (AvgIpc) is 3.49. The summed E-state index contributed by atoms with van der Waals surface area (Å²) in [7, 11) is 0. The molecule has 170 valence electrons. The fourth-order valence-electron chi connectivity index (χ4n) is 10.2. The third kappa shape index (κ3) is 2.93. The molecule has 9 atom stereocenters. The van der Waals surface area contributed by atoms with Crippen molar-refractivity contribution in [2.24, 2.45) is 34.5 Å². The van der Waals surface area contributed by atoms with E-state index in [1.165, 1.54) is 103 Å². The van der Waals surface area contributed by atoms with Gasteiger partial charge in [0, 0.05) is 12.1 Å². The van der Waals surface area contributed by atoms with E-state index in [1.807, 2.05) is 0 Å². The van der Waals surface area contributed by atoms with Crippen LogP contribution in [0, 0.1) is 34.5 Å². The van der Waals surface area contributed by atoms with Crippen LogP contribution in [0.2, 0.25) is 0 Å². The Morgan fingerprint density at radius 2 is 1.40 bits per heavy atom. The number of aliphatic hydroxyl groups is 1. The van der Waals surface area contributed by atoms with Crippen LogP contribution in [0.1, 0.15) is 90.9 Å². The number of fused-ring (bicyclic) bond motifs is 5. The molecule has 3 heteroatoms. The molecule has 6 fully saturated rings. The maximum Gasteiger partial charge on any atom is 0.0751 e. The SMILES string of the molecule is CC12CCC3C(CCC4CCC(N5CCCC5)C[C@@]43C)C1CC(N1CCCC1)[C@@H]2O. The van der Waals surface area contributed by atoms with Gasteiger partial charge in [-0.15, -0.1) is 0 Å². The Balaban J connectivity index is 1.25. The predicted octanol–water partition coefficient (Wildman–Crippen LogP) is 4.93. The summed E-state index contributed by atoms with van der Waals surface area (Å²) < 4.78 is 0. The molecule has 0 amide bonds. The minimum Gasteiger partial charge on any atom is -0.391 e. The van der Waals surface area contributed by atoms with E-state index in [2.05, 4.69) is 23.6 Å². The minimum atomic E-state index is -0.0872. The predicted molar refractivity (Wildman–Crippen MR) is 122 cm³/mol. The molecule has 0 radical (unpaired) electrons. The Labute approximate surface area is 185 Å². The standard InChI is InChI=1S/C27H46N2O/c1-26-12-11-22-21(23(26)17-24(25(26)30)29-15-5-6-16-29)10-8-19-7-9-20(18-27(19,22)2)28-13-3-4-14-28/h19-25,30H,3-18H2,1-2H3/t19?,20?,21?,22?,23?,24?,25-,26?,27-/m0/s1. The van der Waals surface area contributed by atoms with Gasteiger partial charge in [0.2, 0.25) is 0 Å². The molecular weight excluding hydrogens is 368 g/mol. The second-order valence-electron chi connectivity index (χ2n) is 12.9. The highest BCUT2D eigenvalue weighted by Crippen LogP contribution is 2.66. The van der Waals surface area contributed by atoms with Crippen LogP contribution >= 0.6 is 0 Å². The van der Waals surface area contributed by atoms with E-state index in [0.29, 0.717) is 11.5 Å². The van der Waals surface area contributed by atoms with Crippen molar-refractivity contribution < 1.29 is 5.11 Å². The van der Waals surface area contributed by atoms with E-state index in [9.17, 15) is 5.11 Å². The molecule has 0 aromatic carbocycles. The molecule has 4 saturated carbocycles. The van der Waals surface area contributed by atoms with Gasteiger partial charge in [0.1, 0.15) is 0 Å². The monoisotopic (exact) mass is 414 g/mol. The summed E-state index contributed by atoms with van der Waals surface area (Å²) in [5.74, 6) is 3.54. The fraction of sp³-hybridized carbons (Fsp3) is 1.00. The van der Waals surface area contributed by atoms with E-state index in [0.717, 1.165) is 29.7 Å². The molecule has 4 aliphatic carbocycles. The number of nitrogens with zero attached hydrogens (tertiary/aromatic N) is 2. The second kappa shape index (κ2) is 7.45. The average molecular weight is 415 g/mol. The molecule has 0 aromatic rings. The molecule has 2 heterocycles. The lowest BCUT2D eigenvalue weighted by Crippen LogP contribution is -2.56. The Hall–Kier alpha value is -0.120. The summed E-state index contributed by atoms with van der Waals surface area (Å²) >= 11 is 0. The largest absolute Gasteiger partial charge is 0.391 e. The van der Waals surface area contributed by atoms with E-state index in [-0.39, 0.29) is 11.5 Å². The molecule has 6 aliphatic rings. The molecule has 0 spiro atoms. The molecule has 30 heavy (non-hydrogen) atoms. The maximum absolute atomic E-state index is 11.5. The molecule has 0 bridgehead atoms. The summed E-state index contributed by atoms with van der Waals surface area (Å²) in [5.41, 5.74) is 0.743. The molecule has 2 aliphatic heterocycles. The van der Waals surface area contributed by atoms with Crippen molar-refractivity contribution in [3.05, 3.63) is 0 Å². The summed E-state index contributed by atoms with van der Waals surface area (Å²) in [5, 5.41) is 11.5. The van der Waals surface area contributed by atoms with Crippen LogP contribution in [0.3, 0.4) is 0 Å². The maximum atomic E-state index is 11.5. The zero-order valence-electron chi connectivity index (χ0n) is 19.7. The van der Waals surface area contributed by atoms with Crippen molar-refractivity contribution >= 4 is 0 Å². The minimum absolute atomic E-state index is 0.0872. The lowest BCUT2D eigenvalue weighted by atomic mass is 9.45. The zero-order chi connectivity index (χ0) is 20.5. The molecular formula is C27H46N2O. The topological polar surface area (TPSA) is 26.7 Å². The third-order valence-electron chi connectivity index (χ3n) is 11.8. The van der Waals surface area contributed by atoms with Gasteiger partial charge in [-0.2, -0.15) is 0 Å². The summed E-state index contributed by atoms with van der Waals surface area (Å²) in [6.07, 6.45) is 16.8. The van der Waals surface area contributed by atoms with Crippen LogP contribution in [0.15, 0.2) is 0 Å². The van der Waals surface area contributed by atoms with Gasteiger partial charge >= 0.3 is 0 Å². The highest BCUT2D eigenvalue weighted by atomic mass is 16.3. The van der Waals surface area contributed by atoms with Crippen molar-refractivity contribution in [3.8, 4) is 0 Å². The number of likely N-dealkylation sites (tertiary alicyclic amines) is 2. The Bertz CT molecular complexity index is 641. The van der Waals surface area contributed by atoms with E-state index in [4.69, 9.17) is 0 Å². The number of aliphatic hydroxyl groups excluding tert-OH is 1. The lowest BCUT2D eigenvalue weighted by Gasteiger charge is -2.61. The first kappa shape index (κ1) is 20.5. The highest BCUT2D eigenvalue weighted by Gasteiger charge is 2.63. The number of hydrogen-bond acceptors (Lipinski definition) is 3. The van der Waals surface area contributed by atoms with Gasteiger partial charge in [-0.3, -0.25) is 4.90 Å². The molecule has 0 aromatic heterocycles. The van der Waals surface area contributed by atoms with Gasteiger partial charge in [0.15, 0.2) is 0 Å². The summed E-state index contributed by atoms with van der Waals surface area (Å²) in [6.45, 7) is 10.4. The van der Waals surface area contributed by atoms with Crippen molar-refractivity contribution in [2.75, 3.05) is 26.2 Å². The molecule has 2 saturated heterocycles. The van der Waals surface area contributed by atoms with Crippen LogP contribution in [0.25, 0.3) is 0 Å². The van der Waals surface area contributed by atoms with Gasteiger partial charge in [-0.05, 0) is 138 Å². The zero-order valence-corrected chi connectivity index (χ0v) is 19.7. The Morgan fingerprint density at radius 1 is 0.733 bits per heavy atom. The number of hydrogen-bond donors (Lipinski definition) is 1. The molecule has 7 unspecified atom stereocenters. The quantitative estimate of drug-likeness (QED) is 0.694. The van der Waals surface area contributed by atoms with Gasteiger partial charge in [0.05, 0.1) is 6.10 Å². The van der Waals surface area contributed by atoms with Crippen molar-refractivity contribution in [2.45, 2.75) is 109 Å². The third-order valence-corrected chi connectivity index (χ3v) is 11.8. The van der Waals surface area contributed by atoms with Crippen molar-refractivity contribution in [1.82, 2.24) is 9.80 Å². The molecule has 6 rings (SSSR count). The number of rotatable bonds is 2. The van der Waals surface area contributed by atoms with E-state index >= 15 is 0 Å².